The van der Waals surface area contributed by atoms with Crippen molar-refractivity contribution in [3.8, 4) is 0 Å². The largest absolute Gasteiger partial charge is 0.354 e. The minimum absolute atomic E-state index is 0.00965. The van der Waals surface area contributed by atoms with E-state index in [1.807, 2.05) is 4.90 Å². The summed E-state index contributed by atoms with van der Waals surface area (Å²) in [5.74, 6) is -0.0663. The maximum atomic E-state index is 12.9. The normalized spacial score (nSPS) is 24.4. The van der Waals surface area contributed by atoms with Gasteiger partial charge in [0.05, 0.1) is 11.0 Å². The molecule has 0 unspecified atom stereocenters. The Hall–Kier alpha value is -2.57. The van der Waals surface area contributed by atoms with Crippen LogP contribution < -0.4 is 11.0 Å². The van der Waals surface area contributed by atoms with Gasteiger partial charge in [-0.2, -0.15) is 0 Å². The molecule has 2 fully saturated rings. The molecule has 0 aliphatic carbocycles. The molecule has 22 heavy (non-hydrogen) atoms. The number of H-pyrrole nitrogens is 2. The van der Waals surface area contributed by atoms with Crippen LogP contribution in [0.1, 0.15) is 29.6 Å². The maximum Gasteiger partial charge on any atom is 0.323 e. The fourth-order valence-corrected chi connectivity index (χ4v) is 3.53. The van der Waals surface area contributed by atoms with Crippen LogP contribution in [0.4, 0.5) is 0 Å². The van der Waals surface area contributed by atoms with E-state index < -0.39 is 0 Å². The predicted molar refractivity (Wildman–Crippen MR) is 79.5 cm³/mol. The van der Waals surface area contributed by atoms with Crippen LogP contribution in [0.2, 0.25) is 0 Å². The third-order valence-corrected chi connectivity index (χ3v) is 4.57. The number of aromatic amines is 2. The summed E-state index contributed by atoms with van der Waals surface area (Å²) < 4.78 is 0. The van der Waals surface area contributed by atoms with Gasteiger partial charge in [-0.25, -0.2) is 4.79 Å². The van der Waals surface area contributed by atoms with Crippen molar-refractivity contribution in [1.82, 2.24) is 20.2 Å². The molecule has 7 heteroatoms. The number of aromatic nitrogens is 2. The van der Waals surface area contributed by atoms with Crippen molar-refractivity contribution >= 4 is 22.8 Å². The van der Waals surface area contributed by atoms with Gasteiger partial charge in [0.15, 0.2) is 0 Å². The number of nitrogens with zero attached hydrogens (tertiary/aromatic N) is 1. The van der Waals surface area contributed by atoms with Crippen molar-refractivity contribution in [2.24, 2.45) is 0 Å². The summed E-state index contributed by atoms with van der Waals surface area (Å²) in [6, 6.07) is 5.16. The average Bonchev–Trinajstić information content (AvgIpc) is 3.00. The van der Waals surface area contributed by atoms with Crippen molar-refractivity contribution in [3.05, 3.63) is 34.2 Å². The highest BCUT2D eigenvalue weighted by Gasteiger charge is 2.40. The van der Waals surface area contributed by atoms with Gasteiger partial charge in [-0.1, -0.05) is 0 Å². The van der Waals surface area contributed by atoms with Crippen LogP contribution in [0, 0.1) is 0 Å². The van der Waals surface area contributed by atoms with E-state index in [0.717, 1.165) is 12.8 Å². The molecule has 1 aromatic carbocycles. The molecule has 2 aliphatic rings. The zero-order chi connectivity index (χ0) is 15.3. The van der Waals surface area contributed by atoms with Gasteiger partial charge in [0.2, 0.25) is 5.91 Å². The monoisotopic (exact) mass is 300 g/mol. The van der Waals surface area contributed by atoms with Crippen LogP contribution in [0.5, 0.6) is 0 Å². The van der Waals surface area contributed by atoms with E-state index in [9.17, 15) is 14.4 Å². The first-order valence-corrected chi connectivity index (χ1v) is 7.43. The van der Waals surface area contributed by atoms with Crippen molar-refractivity contribution in [2.75, 3.05) is 6.54 Å². The van der Waals surface area contributed by atoms with E-state index in [4.69, 9.17) is 0 Å². The van der Waals surface area contributed by atoms with Gasteiger partial charge in [-0.3, -0.25) is 9.59 Å². The van der Waals surface area contributed by atoms with Gasteiger partial charge in [0.1, 0.15) is 0 Å². The Labute approximate surface area is 125 Å². The summed E-state index contributed by atoms with van der Waals surface area (Å²) in [5.41, 5.74) is 1.54. The first kappa shape index (κ1) is 13.1. The van der Waals surface area contributed by atoms with Gasteiger partial charge in [-0.15, -0.1) is 0 Å². The number of nitrogens with one attached hydrogen (secondary N) is 3. The molecule has 4 rings (SSSR count). The van der Waals surface area contributed by atoms with Crippen LogP contribution in [0.15, 0.2) is 23.0 Å². The number of hydrogen-bond donors (Lipinski definition) is 3. The standard InChI is InChI=1S/C15H16N4O3/c20-13-6-9-2-3-10(7-16-13)19(9)14(21)8-1-4-11-12(5-8)18-15(22)17-11/h1,4-5,9-10H,2-3,6-7H2,(H,16,20)(H2,17,18,22)/t9-,10+/m1/s1. The third-order valence-electron chi connectivity index (χ3n) is 4.57. The Bertz CT molecular complexity index is 822. The molecule has 0 radical (unpaired) electrons. The van der Waals surface area contributed by atoms with Gasteiger partial charge in [-0.05, 0) is 31.0 Å². The minimum Gasteiger partial charge on any atom is -0.354 e. The number of carbonyl (C=O) groups excluding carboxylic acids is 2. The molecule has 2 aromatic rings. The summed E-state index contributed by atoms with van der Waals surface area (Å²) in [6.45, 7) is 0.518. The molecule has 3 heterocycles. The molecule has 7 nitrogen and oxygen atoms in total. The van der Waals surface area contributed by atoms with E-state index in [1.165, 1.54) is 0 Å². The molecule has 1 aromatic heterocycles. The molecule has 0 saturated carbocycles. The Kier molecular flexibility index (Phi) is 2.82. The zero-order valence-corrected chi connectivity index (χ0v) is 11.9. The van der Waals surface area contributed by atoms with E-state index in [-0.39, 0.29) is 29.6 Å². The summed E-state index contributed by atoms with van der Waals surface area (Å²) in [4.78, 5) is 43.0. The highest BCUT2D eigenvalue weighted by atomic mass is 16.2. The lowest BCUT2D eigenvalue weighted by Crippen LogP contribution is -2.42. The Morgan fingerprint density at radius 2 is 1.86 bits per heavy atom. The number of hydrogen-bond acceptors (Lipinski definition) is 3. The van der Waals surface area contributed by atoms with Crippen LogP contribution in [-0.4, -0.2) is 45.3 Å². The van der Waals surface area contributed by atoms with Crippen LogP contribution in [-0.2, 0) is 4.79 Å². The number of carbonyl (C=O) groups is 2. The fraction of sp³-hybridized carbons (Fsp3) is 0.400. The smallest absolute Gasteiger partial charge is 0.323 e. The predicted octanol–water partition coefficient (Wildman–Crippen LogP) is 0.349. The molecule has 2 bridgehead atoms. The van der Waals surface area contributed by atoms with Gasteiger partial charge >= 0.3 is 5.69 Å². The average molecular weight is 300 g/mol. The SMILES string of the molecule is O=C1C[C@H]2CC[C@@H](CN1)N2C(=O)c1ccc2[nH]c(=O)[nH]c2c1. The topological polar surface area (TPSA) is 98.1 Å². The van der Waals surface area contributed by atoms with Gasteiger partial charge in [0.25, 0.3) is 5.91 Å². The number of imidazole rings is 1. The quantitative estimate of drug-likeness (QED) is 0.708. The molecule has 2 amide bonds. The molecule has 0 spiro atoms. The highest BCUT2D eigenvalue weighted by molar-refractivity contribution is 5.98. The number of benzene rings is 1. The molecular weight excluding hydrogens is 284 g/mol. The summed E-state index contributed by atoms with van der Waals surface area (Å²) in [5, 5.41) is 2.86. The molecule has 2 saturated heterocycles. The Morgan fingerprint density at radius 3 is 2.73 bits per heavy atom. The molecule has 2 aliphatic heterocycles. The van der Waals surface area contributed by atoms with Crippen molar-refractivity contribution in [1.29, 1.82) is 0 Å². The summed E-state index contributed by atoms with van der Waals surface area (Å²) in [7, 11) is 0. The zero-order valence-electron chi connectivity index (χ0n) is 11.9. The number of amides is 2. The first-order valence-electron chi connectivity index (χ1n) is 7.43. The number of rotatable bonds is 1. The second-order valence-electron chi connectivity index (χ2n) is 5.95. The molecule has 3 N–H and O–H groups in total. The third kappa shape index (κ3) is 2.01. The first-order chi connectivity index (χ1) is 10.6. The molecule has 2 atom stereocenters. The summed E-state index contributed by atoms with van der Waals surface area (Å²) >= 11 is 0. The van der Waals surface area contributed by atoms with Crippen LogP contribution in [0.25, 0.3) is 11.0 Å². The van der Waals surface area contributed by atoms with Crippen molar-refractivity contribution in [3.63, 3.8) is 0 Å². The lowest BCUT2D eigenvalue weighted by molar-refractivity contribution is -0.121. The second-order valence-corrected chi connectivity index (χ2v) is 5.95. The lowest BCUT2D eigenvalue weighted by atomic mass is 10.1. The second kappa shape index (κ2) is 4.72. The van der Waals surface area contributed by atoms with Crippen molar-refractivity contribution in [2.45, 2.75) is 31.3 Å². The van der Waals surface area contributed by atoms with E-state index in [0.29, 0.717) is 29.6 Å². The molecule has 114 valence electrons. The highest BCUT2D eigenvalue weighted by Crippen LogP contribution is 2.30. The molecular formula is C15H16N4O3. The van der Waals surface area contributed by atoms with E-state index in [2.05, 4.69) is 15.3 Å². The van der Waals surface area contributed by atoms with Gasteiger partial charge in [0, 0.05) is 30.6 Å². The Balaban J connectivity index is 1.70. The van der Waals surface area contributed by atoms with Crippen LogP contribution >= 0.6 is 0 Å². The fourth-order valence-electron chi connectivity index (χ4n) is 3.53. The summed E-state index contributed by atoms with van der Waals surface area (Å²) in [6.07, 6.45) is 2.15. The maximum absolute atomic E-state index is 12.9. The van der Waals surface area contributed by atoms with Crippen LogP contribution in [0.3, 0.4) is 0 Å². The van der Waals surface area contributed by atoms with Crippen molar-refractivity contribution < 1.29 is 9.59 Å². The lowest BCUT2D eigenvalue weighted by Gasteiger charge is -2.27. The Morgan fingerprint density at radius 1 is 1.09 bits per heavy atom. The van der Waals surface area contributed by atoms with E-state index >= 15 is 0 Å². The van der Waals surface area contributed by atoms with E-state index in [1.54, 1.807) is 18.2 Å². The minimum atomic E-state index is -0.288. The number of fused-ring (bicyclic) bond motifs is 3. The van der Waals surface area contributed by atoms with Gasteiger partial charge < -0.3 is 20.2 Å².